The number of rotatable bonds is 3. The minimum atomic E-state index is 0.328. The fourth-order valence-corrected chi connectivity index (χ4v) is 4.45. The second kappa shape index (κ2) is 7.57. The summed E-state index contributed by atoms with van der Waals surface area (Å²) in [4.78, 5) is 4.99. The van der Waals surface area contributed by atoms with Crippen LogP contribution in [0.4, 0.5) is 0 Å². The zero-order chi connectivity index (χ0) is 19.8. The molecule has 0 atom stereocenters. The number of piperidine rings is 1. The summed E-state index contributed by atoms with van der Waals surface area (Å²) in [6.45, 7) is 8.45. The van der Waals surface area contributed by atoms with E-state index in [1.807, 2.05) is 13.0 Å². The second-order valence-electron chi connectivity index (χ2n) is 8.02. The number of fused-ring (bicyclic) bond motifs is 1. The summed E-state index contributed by atoms with van der Waals surface area (Å²) in [7, 11) is 1.64. The van der Waals surface area contributed by atoms with E-state index in [-0.39, 0.29) is 0 Å². The predicted octanol–water partition coefficient (Wildman–Crippen LogP) is 2.94. The third kappa shape index (κ3) is 3.19. The Balaban J connectivity index is 1.90. The van der Waals surface area contributed by atoms with Gasteiger partial charge in [0.25, 0.3) is 0 Å². The lowest BCUT2D eigenvalue weighted by Gasteiger charge is -2.24. The molecule has 148 valence electrons. The molecule has 0 aromatic heterocycles. The van der Waals surface area contributed by atoms with Crippen LogP contribution in [0.3, 0.4) is 0 Å². The molecule has 1 aromatic rings. The summed E-state index contributed by atoms with van der Waals surface area (Å²) in [5, 5.41) is 16.8. The highest BCUT2D eigenvalue weighted by Gasteiger charge is 2.26. The highest BCUT2D eigenvalue weighted by atomic mass is 16.5. The Kier molecular flexibility index (Phi) is 5.13. The standard InChI is InChI=1S/C23H29N3O2/c1-14(2)21-19-13-17(16-7-10-24-11-8-16)5-6-20(19)25-22(21)18-9-12-26(27)15(3)23(18)28-4/h5-6,9,12-14,16,24,27H,7-8,10-11H2,1-4H3/b22-18-. The summed E-state index contributed by atoms with van der Waals surface area (Å²) < 4.78 is 5.63. The van der Waals surface area contributed by atoms with Gasteiger partial charge in [-0.1, -0.05) is 19.9 Å². The Morgan fingerprint density at radius 2 is 2.00 bits per heavy atom. The largest absolute Gasteiger partial charge is 0.494 e. The maximum Gasteiger partial charge on any atom is 0.149 e. The molecule has 3 aliphatic rings. The van der Waals surface area contributed by atoms with Crippen LogP contribution in [0.2, 0.25) is 0 Å². The Morgan fingerprint density at radius 3 is 2.68 bits per heavy atom. The molecular formula is C23H29N3O2. The van der Waals surface area contributed by atoms with E-state index in [1.54, 1.807) is 13.3 Å². The third-order valence-corrected chi connectivity index (χ3v) is 5.94. The van der Waals surface area contributed by atoms with Crippen molar-refractivity contribution < 1.29 is 9.94 Å². The van der Waals surface area contributed by atoms with Crippen LogP contribution in [0.25, 0.3) is 5.57 Å². The lowest BCUT2D eigenvalue weighted by Crippen LogP contribution is -2.29. The first-order valence-electron chi connectivity index (χ1n) is 10.1. The molecule has 0 aliphatic carbocycles. The number of allylic oxidation sites excluding steroid dienone is 3. The predicted molar refractivity (Wildman–Crippen MR) is 110 cm³/mol. The molecule has 0 saturated carbocycles. The van der Waals surface area contributed by atoms with E-state index in [2.05, 4.69) is 37.4 Å². The maximum atomic E-state index is 10.0. The molecule has 0 unspecified atom stereocenters. The zero-order valence-corrected chi connectivity index (χ0v) is 17.1. The maximum absolute atomic E-state index is 10.0. The summed E-state index contributed by atoms with van der Waals surface area (Å²) >= 11 is 0. The van der Waals surface area contributed by atoms with Crippen molar-refractivity contribution in [1.29, 1.82) is 0 Å². The van der Waals surface area contributed by atoms with Crippen molar-refractivity contribution in [3.63, 3.8) is 0 Å². The van der Waals surface area contributed by atoms with Gasteiger partial charge in [-0.3, -0.25) is 5.21 Å². The van der Waals surface area contributed by atoms with Crippen molar-refractivity contribution in [2.45, 2.75) is 39.5 Å². The van der Waals surface area contributed by atoms with Crippen molar-refractivity contribution in [3.8, 4) is 0 Å². The molecule has 3 aliphatic heterocycles. The zero-order valence-electron chi connectivity index (χ0n) is 17.1. The van der Waals surface area contributed by atoms with E-state index in [4.69, 9.17) is 9.73 Å². The Morgan fingerprint density at radius 1 is 1.25 bits per heavy atom. The molecule has 5 nitrogen and oxygen atoms in total. The average molecular weight is 380 g/mol. The summed E-state index contributed by atoms with van der Waals surface area (Å²) in [5.74, 6) is 1.61. The van der Waals surface area contributed by atoms with Crippen LogP contribution in [0.5, 0.6) is 0 Å². The van der Waals surface area contributed by atoms with Crippen LogP contribution >= 0.6 is 0 Å². The van der Waals surface area contributed by atoms with Gasteiger partial charge in [-0.15, -0.1) is 0 Å². The molecule has 28 heavy (non-hydrogen) atoms. The third-order valence-electron chi connectivity index (χ3n) is 5.94. The van der Waals surface area contributed by atoms with Crippen LogP contribution in [-0.4, -0.2) is 30.5 Å². The number of hydroxylamine groups is 2. The molecule has 3 heterocycles. The van der Waals surface area contributed by atoms with E-state index >= 15 is 0 Å². The van der Waals surface area contributed by atoms with Crippen LogP contribution in [0.1, 0.15) is 45.1 Å². The number of nitrogens with one attached hydrogen (secondary N) is 1. The van der Waals surface area contributed by atoms with Gasteiger partial charge in [0, 0.05) is 17.0 Å². The van der Waals surface area contributed by atoms with E-state index in [9.17, 15) is 5.21 Å². The van der Waals surface area contributed by atoms with Crippen LogP contribution < -0.4 is 15.9 Å². The molecule has 1 saturated heterocycles. The van der Waals surface area contributed by atoms with Crippen molar-refractivity contribution in [2.24, 2.45) is 10.9 Å². The molecule has 0 spiro atoms. The van der Waals surface area contributed by atoms with Gasteiger partial charge in [0.15, 0.2) is 0 Å². The minimum absolute atomic E-state index is 0.328. The van der Waals surface area contributed by atoms with Gasteiger partial charge in [0.2, 0.25) is 0 Å². The van der Waals surface area contributed by atoms with Crippen molar-refractivity contribution in [3.05, 3.63) is 69.3 Å². The van der Waals surface area contributed by atoms with E-state index < -0.39 is 0 Å². The molecule has 1 aromatic carbocycles. The number of ether oxygens (including phenoxy) is 1. The van der Waals surface area contributed by atoms with Crippen molar-refractivity contribution >= 4 is 5.57 Å². The van der Waals surface area contributed by atoms with E-state index in [0.29, 0.717) is 23.3 Å². The van der Waals surface area contributed by atoms with E-state index in [1.165, 1.54) is 29.2 Å². The molecule has 1 fully saturated rings. The molecular weight excluding hydrogens is 350 g/mol. The smallest absolute Gasteiger partial charge is 0.149 e. The van der Waals surface area contributed by atoms with Crippen molar-refractivity contribution in [2.75, 3.05) is 20.2 Å². The van der Waals surface area contributed by atoms with Crippen LogP contribution in [0, 0.1) is 5.92 Å². The first-order valence-corrected chi connectivity index (χ1v) is 10.1. The van der Waals surface area contributed by atoms with Crippen LogP contribution in [0.15, 0.2) is 58.2 Å². The van der Waals surface area contributed by atoms with Gasteiger partial charge >= 0.3 is 0 Å². The van der Waals surface area contributed by atoms with Gasteiger partial charge in [0.1, 0.15) is 5.76 Å². The fraction of sp³-hybridized carbons (Fsp3) is 0.435. The SMILES string of the molecule is COC1=C(C)N(O)C=C/C1=C1/N=c2ccc(C3CCNCC3)cc2=C1C(C)C. The summed E-state index contributed by atoms with van der Waals surface area (Å²) in [5.41, 5.74) is 5.21. The fourth-order valence-electron chi connectivity index (χ4n) is 4.45. The minimum Gasteiger partial charge on any atom is -0.494 e. The molecule has 5 heteroatoms. The van der Waals surface area contributed by atoms with Gasteiger partial charge in [-0.25, -0.2) is 10.1 Å². The van der Waals surface area contributed by atoms with Gasteiger partial charge in [-0.2, -0.15) is 0 Å². The Labute approximate surface area is 166 Å². The number of hydrogen-bond donors (Lipinski definition) is 2. The molecule has 0 bridgehead atoms. The number of hydrogen-bond acceptors (Lipinski definition) is 5. The normalized spacial score (nSPS) is 22.8. The molecule has 2 N–H and O–H groups in total. The highest BCUT2D eigenvalue weighted by Crippen LogP contribution is 2.34. The quantitative estimate of drug-likeness (QED) is 0.848. The lowest BCUT2D eigenvalue weighted by molar-refractivity contribution is -0.0106. The topological polar surface area (TPSA) is 57.1 Å². The highest BCUT2D eigenvalue weighted by molar-refractivity contribution is 5.72. The lowest BCUT2D eigenvalue weighted by atomic mass is 9.88. The van der Waals surface area contributed by atoms with Gasteiger partial charge < -0.3 is 10.1 Å². The average Bonchev–Trinajstić information content (AvgIpc) is 3.09. The molecule has 0 radical (unpaired) electrons. The summed E-state index contributed by atoms with van der Waals surface area (Å²) in [6, 6.07) is 6.76. The molecule has 0 amide bonds. The Bertz CT molecular complexity index is 995. The number of benzene rings is 1. The second-order valence-corrected chi connectivity index (χ2v) is 8.02. The number of nitrogens with zero attached hydrogens (tertiary/aromatic N) is 2. The first-order chi connectivity index (χ1) is 13.5. The monoisotopic (exact) mass is 379 g/mol. The van der Waals surface area contributed by atoms with E-state index in [0.717, 1.165) is 34.8 Å². The first kappa shape index (κ1) is 19.0. The Hall–Kier alpha value is -2.37. The van der Waals surface area contributed by atoms with Gasteiger partial charge in [0.05, 0.1) is 23.9 Å². The van der Waals surface area contributed by atoms with Crippen molar-refractivity contribution in [1.82, 2.24) is 10.4 Å². The van der Waals surface area contributed by atoms with Crippen LogP contribution in [-0.2, 0) is 4.74 Å². The number of methoxy groups -OCH3 is 1. The summed E-state index contributed by atoms with van der Waals surface area (Å²) in [6.07, 6.45) is 5.90. The van der Waals surface area contributed by atoms with Gasteiger partial charge in [-0.05, 0) is 74.0 Å². The molecule has 4 rings (SSSR count).